The molecule has 0 unspecified atom stereocenters. The molecule has 1 saturated heterocycles. The second-order valence-electron chi connectivity index (χ2n) is 3.81. The summed E-state index contributed by atoms with van der Waals surface area (Å²) in [5.41, 5.74) is 0. The van der Waals surface area contributed by atoms with Crippen LogP contribution in [0.4, 0.5) is 0 Å². The Bertz CT molecular complexity index is 169. The Balaban J connectivity index is 0.000000442. The molecule has 0 amide bonds. The van der Waals surface area contributed by atoms with Crippen molar-refractivity contribution in [2.24, 2.45) is 5.92 Å². The lowest BCUT2D eigenvalue weighted by Gasteiger charge is -2.34. The van der Waals surface area contributed by atoms with E-state index in [1.807, 2.05) is 13.8 Å². The molecule has 15 heavy (non-hydrogen) atoms. The Morgan fingerprint density at radius 1 is 1.13 bits per heavy atom. The molecule has 0 bridgehead atoms. The van der Waals surface area contributed by atoms with Gasteiger partial charge in [-0.05, 0) is 12.3 Å². The zero-order chi connectivity index (χ0) is 11.7. The van der Waals surface area contributed by atoms with E-state index in [9.17, 15) is 0 Å². The summed E-state index contributed by atoms with van der Waals surface area (Å²) in [5, 5.41) is 0. The molecule has 0 N–H and O–H groups in total. The molecule has 2 rings (SSSR count). The molecule has 88 valence electrons. The van der Waals surface area contributed by atoms with Gasteiger partial charge in [0.1, 0.15) is 0 Å². The van der Waals surface area contributed by atoms with Crippen LogP contribution in [0.2, 0.25) is 0 Å². The van der Waals surface area contributed by atoms with Gasteiger partial charge in [0.2, 0.25) is 0 Å². The standard InChI is InChI=1S/C9H16O2.C2H6.C2H2/c1-8-3-2-4-9(7-8)10-5-6-11-9;2*1-2/h8H,2-7H2,1H3;1-2H3;1-2H/t8-;;/m0../s1. The fourth-order valence-electron chi connectivity index (χ4n) is 2.21. The van der Waals surface area contributed by atoms with Gasteiger partial charge in [-0.25, -0.2) is 0 Å². The minimum Gasteiger partial charge on any atom is -0.348 e. The highest BCUT2D eigenvalue weighted by Gasteiger charge is 2.39. The Morgan fingerprint density at radius 2 is 1.67 bits per heavy atom. The summed E-state index contributed by atoms with van der Waals surface area (Å²) >= 11 is 0. The first-order valence-corrected chi connectivity index (χ1v) is 5.92. The summed E-state index contributed by atoms with van der Waals surface area (Å²) < 4.78 is 11.3. The van der Waals surface area contributed by atoms with E-state index in [1.165, 1.54) is 12.8 Å². The second-order valence-corrected chi connectivity index (χ2v) is 3.81. The van der Waals surface area contributed by atoms with Gasteiger partial charge in [-0.1, -0.05) is 27.2 Å². The molecule has 0 aromatic heterocycles. The van der Waals surface area contributed by atoms with Crippen molar-refractivity contribution >= 4 is 0 Å². The van der Waals surface area contributed by atoms with Crippen molar-refractivity contribution in [2.45, 2.75) is 52.2 Å². The van der Waals surface area contributed by atoms with Gasteiger partial charge in [0.15, 0.2) is 5.79 Å². The fraction of sp³-hybridized carbons (Fsp3) is 0.846. The van der Waals surface area contributed by atoms with Crippen LogP contribution in [-0.4, -0.2) is 19.0 Å². The van der Waals surface area contributed by atoms with Crippen LogP contribution in [0.5, 0.6) is 0 Å². The van der Waals surface area contributed by atoms with Crippen molar-refractivity contribution in [3.05, 3.63) is 0 Å². The normalized spacial score (nSPS) is 27.1. The number of terminal acetylenes is 1. The molecule has 0 radical (unpaired) electrons. The van der Waals surface area contributed by atoms with Crippen LogP contribution in [0, 0.1) is 18.8 Å². The predicted molar refractivity (Wildman–Crippen MR) is 63.5 cm³/mol. The minimum atomic E-state index is -0.155. The van der Waals surface area contributed by atoms with Crippen molar-refractivity contribution < 1.29 is 9.47 Å². The molecular formula is C13H24O2. The van der Waals surface area contributed by atoms with Crippen molar-refractivity contribution in [1.29, 1.82) is 0 Å². The van der Waals surface area contributed by atoms with E-state index in [-0.39, 0.29) is 5.79 Å². The molecule has 2 nitrogen and oxygen atoms in total. The molecule has 2 aliphatic rings. The quantitative estimate of drug-likeness (QED) is 0.574. The average Bonchev–Trinajstić information content (AvgIpc) is 2.72. The smallest absolute Gasteiger partial charge is 0.168 e. The average molecular weight is 212 g/mol. The zero-order valence-corrected chi connectivity index (χ0v) is 10.3. The van der Waals surface area contributed by atoms with Crippen LogP contribution in [0.15, 0.2) is 0 Å². The summed E-state index contributed by atoms with van der Waals surface area (Å²) in [6.07, 6.45) is 12.8. The van der Waals surface area contributed by atoms with E-state index in [2.05, 4.69) is 19.8 Å². The third kappa shape index (κ3) is 4.24. The highest BCUT2D eigenvalue weighted by molar-refractivity contribution is 4.81. The van der Waals surface area contributed by atoms with Gasteiger partial charge in [0, 0.05) is 12.8 Å². The Hall–Kier alpha value is -0.520. The first kappa shape index (κ1) is 14.5. The summed E-state index contributed by atoms with van der Waals surface area (Å²) in [6.45, 7) is 7.88. The maximum Gasteiger partial charge on any atom is 0.168 e. The van der Waals surface area contributed by atoms with Gasteiger partial charge in [0.25, 0.3) is 0 Å². The Kier molecular flexibility index (Phi) is 7.46. The van der Waals surface area contributed by atoms with Crippen molar-refractivity contribution in [1.82, 2.24) is 0 Å². The van der Waals surface area contributed by atoms with Gasteiger partial charge in [-0.15, -0.1) is 12.8 Å². The molecule has 1 atom stereocenters. The highest BCUT2D eigenvalue weighted by Crippen LogP contribution is 2.38. The molecule has 1 heterocycles. The Labute approximate surface area is 94.3 Å². The van der Waals surface area contributed by atoms with Crippen molar-refractivity contribution in [3.63, 3.8) is 0 Å². The molecule has 0 aromatic carbocycles. The van der Waals surface area contributed by atoms with Crippen LogP contribution >= 0.6 is 0 Å². The van der Waals surface area contributed by atoms with Crippen LogP contribution < -0.4 is 0 Å². The maximum atomic E-state index is 5.63. The summed E-state index contributed by atoms with van der Waals surface area (Å²) in [6, 6.07) is 0. The molecule has 2 heteroatoms. The second kappa shape index (κ2) is 7.73. The minimum absolute atomic E-state index is 0.155. The third-order valence-electron chi connectivity index (χ3n) is 2.73. The molecule has 0 aromatic rings. The van der Waals surface area contributed by atoms with Crippen LogP contribution in [0.3, 0.4) is 0 Å². The van der Waals surface area contributed by atoms with Crippen molar-refractivity contribution in [3.8, 4) is 12.8 Å². The molecule has 1 saturated carbocycles. The van der Waals surface area contributed by atoms with Crippen LogP contribution in [0.25, 0.3) is 0 Å². The van der Waals surface area contributed by atoms with E-state index >= 15 is 0 Å². The number of hydrogen-bond donors (Lipinski definition) is 0. The summed E-state index contributed by atoms with van der Waals surface area (Å²) in [4.78, 5) is 0. The van der Waals surface area contributed by atoms with Gasteiger partial charge >= 0.3 is 0 Å². The Morgan fingerprint density at radius 3 is 2.13 bits per heavy atom. The predicted octanol–water partition coefficient (Wildman–Crippen LogP) is 3.22. The van der Waals surface area contributed by atoms with E-state index in [0.717, 1.165) is 32.0 Å². The van der Waals surface area contributed by atoms with E-state index in [1.54, 1.807) is 0 Å². The summed E-state index contributed by atoms with van der Waals surface area (Å²) in [7, 11) is 0. The fourth-order valence-corrected chi connectivity index (χ4v) is 2.21. The third-order valence-corrected chi connectivity index (χ3v) is 2.73. The van der Waals surface area contributed by atoms with Gasteiger partial charge < -0.3 is 9.47 Å². The van der Waals surface area contributed by atoms with Crippen molar-refractivity contribution in [2.75, 3.05) is 13.2 Å². The topological polar surface area (TPSA) is 18.5 Å². The van der Waals surface area contributed by atoms with Crippen LogP contribution in [0.1, 0.15) is 46.5 Å². The van der Waals surface area contributed by atoms with Gasteiger partial charge in [0.05, 0.1) is 13.2 Å². The lowest BCUT2D eigenvalue weighted by Crippen LogP contribution is -2.35. The lowest BCUT2D eigenvalue weighted by atomic mass is 9.86. The number of ether oxygens (including phenoxy) is 2. The largest absolute Gasteiger partial charge is 0.348 e. The molecule has 1 spiro atoms. The number of rotatable bonds is 0. The maximum absolute atomic E-state index is 5.63. The molecular weight excluding hydrogens is 188 g/mol. The molecule has 1 aliphatic heterocycles. The van der Waals surface area contributed by atoms with E-state index < -0.39 is 0 Å². The first-order chi connectivity index (χ1) is 7.31. The van der Waals surface area contributed by atoms with Crippen LogP contribution in [-0.2, 0) is 9.47 Å². The van der Waals surface area contributed by atoms with E-state index in [0.29, 0.717) is 0 Å². The highest BCUT2D eigenvalue weighted by atomic mass is 16.7. The lowest BCUT2D eigenvalue weighted by molar-refractivity contribution is -0.185. The summed E-state index contributed by atoms with van der Waals surface area (Å²) in [5.74, 6) is 0.624. The first-order valence-electron chi connectivity index (χ1n) is 5.92. The monoisotopic (exact) mass is 212 g/mol. The SMILES string of the molecule is C#C.CC.C[C@H]1CCCC2(C1)OCCO2. The van der Waals surface area contributed by atoms with Gasteiger partial charge in [-0.3, -0.25) is 0 Å². The number of hydrogen-bond acceptors (Lipinski definition) is 2. The molecule has 2 fully saturated rings. The van der Waals surface area contributed by atoms with Gasteiger partial charge in [-0.2, -0.15) is 0 Å². The van der Waals surface area contributed by atoms with E-state index in [4.69, 9.17) is 9.47 Å². The zero-order valence-electron chi connectivity index (χ0n) is 10.3. The molecule has 1 aliphatic carbocycles.